The van der Waals surface area contributed by atoms with Crippen LogP contribution in [-0.4, -0.2) is 29.7 Å². The lowest BCUT2D eigenvalue weighted by atomic mass is 10.1. The topological polar surface area (TPSA) is 56.3 Å². The number of anilines is 1. The molecule has 2 N–H and O–H groups in total. The van der Waals surface area contributed by atoms with Crippen molar-refractivity contribution in [3.63, 3.8) is 0 Å². The number of para-hydroxylation sites is 1. The maximum atomic E-state index is 10.7. The molecule has 4 heteroatoms. The molecule has 102 valence electrons. The first-order valence-corrected chi connectivity index (χ1v) is 6.49. The number of hydrogen-bond acceptors (Lipinski definition) is 2. The van der Waals surface area contributed by atoms with E-state index >= 15 is 0 Å². The van der Waals surface area contributed by atoms with E-state index in [-0.39, 0.29) is 12.3 Å². The summed E-state index contributed by atoms with van der Waals surface area (Å²) in [6.07, 6.45) is 0.200. The number of carboxylic acids is 1. The van der Waals surface area contributed by atoms with E-state index in [1.807, 2.05) is 33.0 Å². The molecule has 0 saturated carbocycles. The van der Waals surface area contributed by atoms with Crippen LogP contribution in [0.4, 0.5) is 5.69 Å². The Morgan fingerprint density at radius 2 is 2.11 bits per heavy atom. The third-order valence-corrected chi connectivity index (χ3v) is 3.35. The monoisotopic (exact) mass is 260 g/mol. The van der Waals surface area contributed by atoms with Gasteiger partial charge < -0.3 is 15.0 Å². The third-order valence-electron chi connectivity index (χ3n) is 3.35. The van der Waals surface area contributed by atoms with Gasteiger partial charge >= 0.3 is 5.97 Å². The average molecular weight is 260 g/mol. The summed E-state index contributed by atoms with van der Waals surface area (Å²) in [5.74, 6) is -0.618. The van der Waals surface area contributed by atoms with E-state index in [1.165, 1.54) is 5.39 Å². The van der Waals surface area contributed by atoms with Crippen molar-refractivity contribution in [1.82, 2.24) is 4.98 Å². The number of aromatic nitrogens is 1. The van der Waals surface area contributed by atoms with Gasteiger partial charge in [0.15, 0.2) is 0 Å². The number of aromatic amines is 1. The van der Waals surface area contributed by atoms with E-state index in [9.17, 15) is 4.79 Å². The molecular weight excluding hydrogens is 240 g/mol. The highest BCUT2D eigenvalue weighted by molar-refractivity contribution is 5.94. The Bertz CT molecular complexity index is 589. The minimum atomic E-state index is -0.739. The number of nitrogens with one attached hydrogen (secondary N) is 1. The number of hydrogen-bond donors (Lipinski definition) is 2. The first-order valence-electron chi connectivity index (χ1n) is 6.49. The lowest BCUT2D eigenvalue weighted by Gasteiger charge is -2.23. The number of carboxylic acid groups (broad SMARTS) is 1. The fraction of sp³-hybridized carbons (Fsp3) is 0.400. The Labute approximate surface area is 113 Å². The quantitative estimate of drug-likeness (QED) is 0.868. The van der Waals surface area contributed by atoms with Crippen LogP contribution in [0.5, 0.6) is 0 Å². The summed E-state index contributed by atoms with van der Waals surface area (Å²) in [6.45, 7) is 4.75. The molecule has 1 heterocycles. The number of aryl methyl sites for hydroxylation is 1. The molecule has 0 aliphatic carbocycles. The predicted octanol–water partition coefficient (Wildman–Crippen LogP) is 3.02. The summed E-state index contributed by atoms with van der Waals surface area (Å²) in [4.78, 5) is 16.2. The van der Waals surface area contributed by atoms with Gasteiger partial charge in [-0.2, -0.15) is 0 Å². The molecule has 0 saturated heterocycles. The molecule has 0 aliphatic rings. The zero-order valence-electron chi connectivity index (χ0n) is 11.6. The van der Waals surface area contributed by atoms with Gasteiger partial charge in [-0.25, -0.2) is 0 Å². The maximum absolute atomic E-state index is 10.7. The molecule has 2 rings (SSSR count). The maximum Gasteiger partial charge on any atom is 0.303 e. The molecule has 1 aromatic heterocycles. The van der Waals surface area contributed by atoms with Crippen LogP contribution in [0.1, 0.15) is 19.0 Å². The van der Waals surface area contributed by atoms with Crippen LogP contribution in [0.25, 0.3) is 10.9 Å². The number of H-pyrrole nitrogens is 1. The fourth-order valence-electron chi connectivity index (χ4n) is 2.68. The summed E-state index contributed by atoms with van der Waals surface area (Å²) in [5, 5.41) is 10.0. The zero-order valence-corrected chi connectivity index (χ0v) is 11.6. The molecule has 0 fully saturated rings. The number of carbonyl (C=O) groups is 1. The minimum absolute atomic E-state index is 0.121. The normalized spacial score (nSPS) is 12.6. The molecule has 4 nitrogen and oxygen atoms in total. The Morgan fingerprint density at radius 1 is 1.42 bits per heavy atom. The van der Waals surface area contributed by atoms with Crippen LogP contribution in [0.2, 0.25) is 0 Å². The summed E-state index contributed by atoms with van der Waals surface area (Å²) in [7, 11) is 2.01. The smallest absolute Gasteiger partial charge is 0.303 e. The molecule has 0 amide bonds. The Morgan fingerprint density at radius 3 is 2.79 bits per heavy atom. The number of rotatable bonds is 5. The second-order valence-corrected chi connectivity index (χ2v) is 5.23. The van der Waals surface area contributed by atoms with Gasteiger partial charge in [-0.1, -0.05) is 25.1 Å². The van der Waals surface area contributed by atoms with Crippen LogP contribution in [0.15, 0.2) is 24.3 Å². The van der Waals surface area contributed by atoms with Crippen molar-refractivity contribution in [2.45, 2.75) is 20.3 Å². The molecule has 0 aliphatic heterocycles. The van der Waals surface area contributed by atoms with Gasteiger partial charge in [0.1, 0.15) is 0 Å². The highest BCUT2D eigenvalue weighted by Gasteiger charge is 2.15. The van der Waals surface area contributed by atoms with Crippen LogP contribution in [0.3, 0.4) is 0 Å². The number of benzene rings is 1. The first-order chi connectivity index (χ1) is 8.99. The van der Waals surface area contributed by atoms with E-state index in [4.69, 9.17) is 5.11 Å². The van der Waals surface area contributed by atoms with E-state index in [0.717, 1.165) is 23.4 Å². The van der Waals surface area contributed by atoms with Gasteiger partial charge in [-0.05, 0) is 18.9 Å². The van der Waals surface area contributed by atoms with Gasteiger partial charge in [-0.3, -0.25) is 4.79 Å². The zero-order chi connectivity index (χ0) is 14.0. The molecule has 19 heavy (non-hydrogen) atoms. The molecule has 0 bridgehead atoms. The Hall–Kier alpha value is -1.97. The number of fused-ring (bicyclic) bond motifs is 1. The molecule has 0 radical (unpaired) electrons. The molecule has 1 unspecified atom stereocenters. The van der Waals surface area contributed by atoms with Crippen LogP contribution in [-0.2, 0) is 4.79 Å². The highest BCUT2D eigenvalue weighted by atomic mass is 16.4. The fourth-order valence-corrected chi connectivity index (χ4v) is 2.68. The first kappa shape index (κ1) is 13.5. The molecule has 2 aromatic rings. The lowest BCUT2D eigenvalue weighted by molar-refractivity contribution is -0.137. The molecule has 1 atom stereocenters. The van der Waals surface area contributed by atoms with E-state index in [0.29, 0.717) is 0 Å². The third kappa shape index (κ3) is 2.89. The van der Waals surface area contributed by atoms with E-state index < -0.39 is 5.97 Å². The van der Waals surface area contributed by atoms with Crippen molar-refractivity contribution in [2.24, 2.45) is 5.92 Å². The summed E-state index contributed by atoms with van der Waals surface area (Å²) in [5.41, 5.74) is 3.40. The van der Waals surface area contributed by atoms with Gasteiger partial charge in [0, 0.05) is 36.6 Å². The van der Waals surface area contributed by atoms with Crippen molar-refractivity contribution < 1.29 is 9.90 Å². The van der Waals surface area contributed by atoms with Crippen molar-refractivity contribution >= 4 is 22.6 Å². The van der Waals surface area contributed by atoms with Crippen molar-refractivity contribution in [3.8, 4) is 0 Å². The number of aliphatic carboxylic acids is 1. The van der Waals surface area contributed by atoms with Gasteiger partial charge in [0.2, 0.25) is 0 Å². The highest BCUT2D eigenvalue weighted by Crippen LogP contribution is 2.30. The SMILES string of the molecule is Cc1[nH]c2ccccc2c1N(C)CC(C)CC(=O)O. The van der Waals surface area contributed by atoms with Crippen molar-refractivity contribution in [2.75, 3.05) is 18.5 Å². The van der Waals surface area contributed by atoms with E-state index in [1.54, 1.807) is 0 Å². The summed E-state index contributed by atoms with van der Waals surface area (Å²) in [6, 6.07) is 8.18. The predicted molar refractivity (Wildman–Crippen MR) is 77.7 cm³/mol. The molecular formula is C15H20N2O2. The van der Waals surface area contributed by atoms with Crippen molar-refractivity contribution in [3.05, 3.63) is 30.0 Å². The molecule has 1 aromatic carbocycles. The van der Waals surface area contributed by atoms with Gasteiger partial charge in [0.05, 0.1) is 5.69 Å². The van der Waals surface area contributed by atoms with E-state index in [2.05, 4.69) is 22.0 Å². The lowest BCUT2D eigenvalue weighted by Crippen LogP contribution is -2.25. The Kier molecular flexibility index (Phi) is 3.79. The average Bonchev–Trinajstić information content (AvgIpc) is 2.63. The van der Waals surface area contributed by atoms with Gasteiger partial charge in [0.25, 0.3) is 0 Å². The van der Waals surface area contributed by atoms with Gasteiger partial charge in [-0.15, -0.1) is 0 Å². The minimum Gasteiger partial charge on any atom is -0.481 e. The largest absolute Gasteiger partial charge is 0.481 e. The number of nitrogens with zero attached hydrogens (tertiary/aromatic N) is 1. The summed E-state index contributed by atoms with van der Waals surface area (Å²) < 4.78 is 0. The second kappa shape index (κ2) is 5.34. The molecule has 0 spiro atoms. The van der Waals surface area contributed by atoms with Crippen LogP contribution in [0, 0.1) is 12.8 Å². The Balaban J connectivity index is 2.23. The van der Waals surface area contributed by atoms with Crippen LogP contribution >= 0.6 is 0 Å². The summed E-state index contributed by atoms with van der Waals surface area (Å²) >= 11 is 0. The standard InChI is InChI=1S/C15H20N2O2/c1-10(8-14(18)19)9-17(3)15-11(2)16-13-7-5-4-6-12(13)15/h4-7,10,16H,8-9H2,1-3H3,(H,18,19). The second-order valence-electron chi connectivity index (χ2n) is 5.23. The van der Waals surface area contributed by atoms with Crippen LogP contribution < -0.4 is 4.90 Å². The van der Waals surface area contributed by atoms with Crippen molar-refractivity contribution in [1.29, 1.82) is 0 Å².